The van der Waals surface area contributed by atoms with Crippen molar-refractivity contribution < 1.29 is 17.8 Å². The predicted octanol–water partition coefficient (Wildman–Crippen LogP) is 1.34. The zero-order valence-corrected chi connectivity index (χ0v) is 9.18. The first-order valence-electron chi connectivity index (χ1n) is 4.78. The molecule has 5 nitrogen and oxygen atoms in total. The number of allylic oxidation sites excluding steroid dienone is 6. The Morgan fingerprint density at radius 1 is 1.44 bits per heavy atom. The summed E-state index contributed by atoms with van der Waals surface area (Å²) >= 11 is 0. The maximum atomic E-state index is 11.0. The van der Waals surface area contributed by atoms with Gasteiger partial charge in [-0.15, -0.1) is 0 Å². The Labute approximate surface area is 93.2 Å². The Kier molecular flexibility index (Phi) is 2.63. The lowest BCUT2D eigenvalue weighted by Gasteiger charge is -2.21. The summed E-state index contributed by atoms with van der Waals surface area (Å²) in [6.07, 6.45) is 7.42. The van der Waals surface area contributed by atoms with Crippen molar-refractivity contribution in [1.82, 2.24) is 0 Å². The van der Waals surface area contributed by atoms with Crippen LogP contribution in [0.3, 0.4) is 0 Å². The quantitative estimate of drug-likeness (QED) is 0.424. The summed E-state index contributed by atoms with van der Waals surface area (Å²) in [6, 6.07) is 0. The molecule has 0 heterocycles. The molecular formula is C10H10N2O3S. The Balaban J connectivity index is 2.43. The summed E-state index contributed by atoms with van der Waals surface area (Å²) < 4.78 is 30.9. The third kappa shape index (κ3) is 1.90. The molecule has 0 amide bonds. The van der Waals surface area contributed by atoms with E-state index in [1.54, 1.807) is 12.2 Å². The largest absolute Gasteiger partial charge is 0.361 e. The van der Waals surface area contributed by atoms with Gasteiger partial charge in [-0.25, -0.2) is 0 Å². The number of hydrogen-bond donors (Lipinski definition) is 1. The molecule has 2 rings (SSSR count). The molecule has 1 atom stereocenters. The van der Waals surface area contributed by atoms with Gasteiger partial charge in [0.2, 0.25) is 0 Å². The first kappa shape index (κ1) is 11.0. The van der Waals surface area contributed by atoms with E-state index in [0.29, 0.717) is 12.1 Å². The van der Waals surface area contributed by atoms with Gasteiger partial charge in [-0.3, -0.25) is 4.55 Å². The van der Waals surface area contributed by atoms with Gasteiger partial charge in [0.05, 0.1) is 10.8 Å². The summed E-state index contributed by atoms with van der Waals surface area (Å²) in [5.74, 6) is -0.253. The van der Waals surface area contributed by atoms with Crippen LogP contribution in [0.4, 0.5) is 0 Å². The molecule has 6 heteroatoms. The lowest BCUT2D eigenvalue weighted by atomic mass is 9.82. The first-order chi connectivity index (χ1) is 7.52. The van der Waals surface area contributed by atoms with E-state index in [-0.39, 0.29) is 17.2 Å². The van der Waals surface area contributed by atoms with Crippen molar-refractivity contribution in [2.45, 2.75) is 12.8 Å². The van der Waals surface area contributed by atoms with Crippen molar-refractivity contribution in [3.63, 3.8) is 0 Å². The highest BCUT2D eigenvalue weighted by atomic mass is 32.2. The lowest BCUT2D eigenvalue weighted by molar-refractivity contribution is -0.00976. The minimum absolute atomic E-state index is 0.0438. The Morgan fingerprint density at radius 2 is 2.19 bits per heavy atom. The van der Waals surface area contributed by atoms with Crippen molar-refractivity contribution in [2.75, 3.05) is 0 Å². The molecule has 84 valence electrons. The second-order valence-corrected chi connectivity index (χ2v) is 5.21. The molecule has 0 saturated carbocycles. The van der Waals surface area contributed by atoms with Crippen LogP contribution < -0.4 is 0 Å². The molecule has 2 aliphatic carbocycles. The van der Waals surface area contributed by atoms with E-state index in [2.05, 4.69) is 4.79 Å². The zero-order valence-electron chi connectivity index (χ0n) is 8.37. The fourth-order valence-electron chi connectivity index (χ4n) is 1.95. The molecule has 0 aromatic rings. The van der Waals surface area contributed by atoms with Crippen LogP contribution in [-0.2, 0) is 10.1 Å². The first-order valence-corrected chi connectivity index (χ1v) is 6.22. The SMILES string of the molecule is [N-]=[N+]=C1C=CCC2=CC=C(S(=O)(=O)O)CC21. The summed E-state index contributed by atoms with van der Waals surface area (Å²) in [4.78, 5) is 3.09. The normalized spacial score (nSPS) is 24.3. The summed E-state index contributed by atoms with van der Waals surface area (Å²) in [7, 11) is -4.15. The molecule has 0 spiro atoms. The number of fused-ring (bicyclic) bond motifs is 1. The van der Waals surface area contributed by atoms with E-state index >= 15 is 0 Å². The molecule has 0 aromatic heterocycles. The van der Waals surface area contributed by atoms with Crippen LogP contribution in [0, 0.1) is 5.92 Å². The maximum Gasteiger partial charge on any atom is 0.299 e. The second-order valence-electron chi connectivity index (χ2n) is 3.74. The van der Waals surface area contributed by atoms with Crippen LogP contribution in [-0.4, -0.2) is 23.5 Å². The minimum atomic E-state index is -4.15. The molecule has 0 fully saturated rings. The fourth-order valence-corrected chi connectivity index (χ4v) is 2.56. The standard InChI is InChI=1S/C10H10N2O3S/c11-12-10-3-1-2-7-4-5-8(6-9(7)10)16(13,14)15/h1,3-5,9H,2,6H2,(H,13,14,15). The number of nitrogens with zero attached hydrogens (tertiary/aromatic N) is 2. The molecule has 0 bridgehead atoms. The molecule has 0 saturated heterocycles. The zero-order chi connectivity index (χ0) is 11.8. The van der Waals surface area contributed by atoms with Crippen LogP contribution in [0.15, 0.2) is 34.8 Å². The second kappa shape index (κ2) is 3.83. The van der Waals surface area contributed by atoms with Gasteiger partial charge in [0.1, 0.15) is 0 Å². The molecule has 1 unspecified atom stereocenters. The highest BCUT2D eigenvalue weighted by molar-refractivity contribution is 7.89. The van der Waals surface area contributed by atoms with Crippen LogP contribution in [0.1, 0.15) is 12.8 Å². The van der Waals surface area contributed by atoms with Gasteiger partial charge in [-0.2, -0.15) is 13.2 Å². The van der Waals surface area contributed by atoms with Crippen molar-refractivity contribution in [1.29, 1.82) is 0 Å². The van der Waals surface area contributed by atoms with Crippen molar-refractivity contribution >= 4 is 15.8 Å². The molecule has 16 heavy (non-hydrogen) atoms. The molecule has 0 radical (unpaired) electrons. The van der Waals surface area contributed by atoms with Crippen molar-refractivity contribution in [3.05, 3.63) is 40.3 Å². The van der Waals surface area contributed by atoms with Gasteiger partial charge in [-0.05, 0) is 12.5 Å². The Morgan fingerprint density at radius 3 is 2.81 bits per heavy atom. The summed E-state index contributed by atoms with van der Waals surface area (Å²) in [6.45, 7) is 0. The van der Waals surface area contributed by atoms with Crippen LogP contribution in [0.2, 0.25) is 0 Å². The predicted molar refractivity (Wildman–Crippen MR) is 58.2 cm³/mol. The van der Waals surface area contributed by atoms with E-state index < -0.39 is 10.1 Å². The highest BCUT2D eigenvalue weighted by Crippen LogP contribution is 2.33. The molecular weight excluding hydrogens is 228 g/mol. The van der Waals surface area contributed by atoms with Gasteiger partial charge in [0, 0.05) is 12.5 Å². The van der Waals surface area contributed by atoms with Crippen LogP contribution in [0.5, 0.6) is 0 Å². The molecule has 0 aromatic carbocycles. The van der Waals surface area contributed by atoms with Crippen molar-refractivity contribution in [2.24, 2.45) is 5.92 Å². The van der Waals surface area contributed by atoms with Crippen LogP contribution in [0.25, 0.3) is 5.53 Å². The van der Waals surface area contributed by atoms with Gasteiger partial charge < -0.3 is 5.53 Å². The van der Waals surface area contributed by atoms with Crippen molar-refractivity contribution in [3.8, 4) is 0 Å². The topological polar surface area (TPSA) is 90.8 Å². The summed E-state index contributed by atoms with van der Waals surface area (Å²) in [5, 5.41) is 0. The monoisotopic (exact) mass is 238 g/mol. The van der Waals surface area contributed by atoms with Gasteiger partial charge in [-0.1, -0.05) is 17.7 Å². The number of hydrogen-bond acceptors (Lipinski definition) is 2. The summed E-state index contributed by atoms with van der Waals surface area (Å²) in [5.41, 5.74) is 10.2. The number of rotatable bonds is 1. The molecule has 1 N–H and O–H groups in total. The van der Waals surface area contributed by atoms with E-state index in [0.717, 1.165) is 5.57 Å². The van der Waals surface area contributed by atoms with Gasteiger partial charge in [0.15, 0.2) is 0 Å². The highest BCUT2D eigenvalue weighted by Gasteiger charge is 2.33. The van der Waals surface area contributed by atoms with E-state index in [1.807, 2.05) is 6.08 Å². The molecule has 0 aliphatic heterocycles. The smallest absolute Gasteiger partial charge is 0.299 e. The average molecular weight is 238 g/mol. The van der Waals surface area contributed by atoms with E-state index in [9.17, 15) is 8.42 Å². The third-order valence-electron chi connectivity index (χ3n) is 2.78. The molecule has 2 aliphatic rings. The lowest BCUT2D eigenvalue weighted by Crippen LogP contribution is -2.23. The minimum Gasteiger partial charge on any atom is -0.361 e. The van der Waals surface area contributed by atoms with E-state index in [1.165, 1.54) is 6.08 Å². The van der Waals surface area contributed by atoms with Crippen LogP contribution >= 0.6 is 0 Å². The maximum absolute atomic E-state index is 11.0. The average Bonchev–Trinajstić information content (AvgIpc) is 2.26. The van der Waals surface area contributed by atoms with Gasteiger partial charge in [0.25, 0.3) is 15.8 Å². The van der Waals surface area contributed by atoms with E-state index in [4.69, 9.17) is 10.1 Å². The Bertz CT molecular complexity index is 563. The Hall–Kier alpha value is -1.49. The fraction of sp³-hybridized carbons (Fsp3) is 0.300. The van der Waals surface area contributed by atoms with Gasteiger partial charge >= 0.3 is 0 Å². The third-order valence-corrected chi connectivity index (χ3v) is 3.75.